The van der Waals surface area contributed by atoms with Crippen molar-refractivity contribution in [3.63, 3.8) is 0 Å². The van der Waals surface area contributed by atoms with Crippen LogP contribution in [0.15, 0.2) is 6.07 Å². The van der Waals surface area contributed by atoms with Crippen LogP contribution < -0.4 is 4.74 Å². The van der Waals surface area contributed by atoms with Crippen LogP contribution in [0.25, 0.3) is 0 Å². The van der Waals surface area contributed by atoms with Gasteiger partial charge in [-0.2, -0.15) is 18.4 Å². The molecule has 0 bridgehead atoms. The molecule has 114 valence electrons. The summed E-state index contributed by atoms with van der Waals surface area (Å²) < 4.78 is 43.5. The molecule has 21 heavy (non-hydrogen) atoms. The topological polar surface area (TPSA) is 56.5 Å². The van der Waals surface area contributed by atoms with Crippen LogP contribution in [-0.2, 0) is 6.18 Å². The van der Waals surface area contributed by atoms with Gasteiger partial charge in [-0.1, -0.05) is 0 Å². The van der Waals surface area contributed by atoms with Gasteiger partial charge in [0.15, 0.2) is 0 Å². The van der Waals surface area contributed by atoms with E-state index in [1.54, 1.807) is 12.9 Å². The molecule has 1 N–H and O–H groups in total. The van der Waals surface area contributed by atoms with Gasteiger partial charge in [0.2, 0.25) is 0 Å². The number of hydrogen-bond acceptors (Lipinski definition) is 5. The number of rotatable bonds is 3. The van der Waals surface area contributed by atoms with Crippen molar-refractivity contribution in [2.75, 3.05) is 13.1 Å². The normalized spacial score (nSPS) is 17.5. The Balaban J connectivity index is 2.04. The van der Waals surface area contributed by atoms with Gasteiger partial charge in [-0.05, 0) is 32.8 Å². The van der Waals surface area contributed by atoms with E-state index in [0.29, 0.717) is 37.3 Å². The fraction of sp³-hybridized carbons (Fsp3) is 0.583. The highest BCUT2D eigenvalue weighted by molar-refractivity contribution is 7.13. The lowest BCUT2D eigenvalue weighted by Crippen LogP contribution is -2.45. The Morgan fingerprint density at radius 2 is 2.10 bits per heavy atom. The van der Waals surface area contributed by atoms with Crippen molar-refractivity contribution in [2.24, 2.45) is 0 Å². The summed E-state index contributed by atoms with van der Waals surface area (Å²) in [7, 11) is -0.543. The third-order valence-corrected chi connectivity index (χ3v) is 4.44. The van der Waals surface area contributed by atoms with Crippen molar-refractivity contribution in [1.82, 2.24) is 4.81 Å². The highest BCUT2D eigenvalue weighted by atomic mass is 32.1. The summed E-state index contributed by atoms with van der Waals surface area (Å²) in [5.41, 5.74) is 0. The minimum absolute atomic E-state index is 0.00493. The summed E-state index contributed by atoms with van der Waals surface area (Å²) in [6.45, 7) is 2.89. The lowest BCUT2D eigenvalue weighted by atomic mass is 9.82. The lowest BCUT2D eigenvalue weighted by Gasteiger charge is -2.32. The summed E-state index contributed by atoms with van der Waals surface area (Å²) in [4.78, 5) is 0.982. The number of ether oxygens (including phenoxy) is 1. The molecule has 0 spiro atoms. The van der Waals surface area contributed by atoms with Crippen molar-refractivity contribution in [1.29, 1.82) is 5.26 Å². The molecule has 1 aliphatic heterocycles. The zero-order valence-corrected chi connectivity index (χ0v) is 12.2. The molecule has 1 aliphatic rings. The molecule has 0 atom stereocenters. The monoisotopic (exact) mass is 318 g/mol. The molecule has 0 aliphatic carbocycles. The maximum absolute atomic E-state index is 12.6. The van der Waals surface area contributed by atoms with Crippen LogP contribution in [0.4, 0.5) is 13.2 Å². The number of alkyl halides is 3. The third-order valence-electron chi connectivity index (χ3n) is 3.38. The molecule has 0 saturated carbocycles. The molecule has 0 unspecified atom stereocenters. The van der Waals surface area contributed by atoms with Crippen LogP contribution >= 0.6 is 11.3 Å². The first kappa shape index (κ1) is 16.1. The van der Waals surface area contributed by atoms with Crippen LogP contribution in [0.2, 0.25) is 6.82 Å². The fourth-order valence-electron chi connectivity index (χ4n) is 2.23. The number of nitriles is 1. The van der Waals surface area contributed by atoms with E-state index in [4.69, 9.17) is 10.00 Å². The van der Waals surface area contributed by atoms with Gasteiger partial charge in [0, 0.05) is 6.07 Å². The molecule has 1 fully saturated rings. The highest BCUT2D eigenvalue weighted by Crippen LogP contribution is 2.40. The van der Waals surface area contributed by atoms with Gasteiger partial charge in [0.25, 0.3) is 0 Å². The van der Waals surface area contributed by atoms with Gasteiger partial charge in [0.1, 0.15) is 27.7 Å². The lowest BCUT2D eigenvalue weighted by molar-refractivity contribution is -0.134. The van der Waals surface area contributed by atoms with E-state index in [1.165, 1.54) is 0 Å². The predicted octanol–water partition coefficient (Wildman–Crippen LogP) is 2.59. The average Bonchev–Trinajstić information content (AvgIpc) is 2.82. The van der Waals surface area contributed by atoms with Crippen molar-refractivity contribution in [3.8, 4) is 11.8 Å². The summed E-state index contributed by atoms with van der Waals surface area (Å²) in [5, 5.41) is 18.4. The smallest absolute Gasteiger partial charge is 0.425 e. The number of thiophene rings is 1. The molecule has 1 aromatic rings. The van der Waals surface area contributed by atoms with Crippen molar-refractivity contribution in [3.05, 3.63) is 15.8 Å². The van der Waals surface area contributed by atoms with E-state index < -0.39 is 18.1 Å². The molecular weight excluding hydrogens is 304 g/mol. The molecule has 2 heterocycles. The van der Waals surface area contributed by atoms with E-state index in [1.807, 2.05) is 4.81 Å². The fourth-order valence-corrected chi connectivity index (χ4v) is 2.98. The van der Waals surface area contributed by atoms with Crippen LogP contribution in [0.3, 0.4) is 0 Å². The van der Waals surface area contributed by atoms with Crippen molar-refractivity contribution in [2.45, 2.75) is 31.9 Å². The van der Waals surface area contributed by atoms with E-state index in [9.17, 15) is 18.2 Å². The number of hydrogen-bond donors (Lipinski definition) is 1. The second-order valence-electron chi connectivity index (χ2n) is 4.90. The van der Waals surface area contributed by atoms with Crippen LogP contribution in [-0.4, -0.2) is 36.1 Å². The molecule has 1 saturated heterocycles. The van der Waals surface area contributed by atoms with Crippen molar-refractivity contribution < 1.29 is 22.9 Å². The quantitative estimate of drug-likeness (QED) is 0.871. The predicted molar refractivity (Wildman–Crippen MR) is 73.1 cm³/mol. The Labute approximate surface area is 124 Å². The van der Waals surface area contributed by atoms with Crippen LogP contribution in [0, 0.1) is 11.3 Å². The Morgan fingerprint density at radius 3 is 2.57 bits per heavy atom. The molecule has 9 heteroatoms. The van der Waals surface area contributed by atoms with E-state index >= 15 is 0 Å². The summed E-state index contributed by atoms with van der Waals surface area (Å²) >= 11 is 0.399. The molecule has 0 radical (unpaired) electrons. The van der Waals surface area contributed by atoms with Gasteiger partial charge >= 0.3 is 13.2 Å². The first-order valence-corrected chi connectivity index (χ1v) is 7.33. The Hall–Kier alpha value is -1.24. The van der Waals surface area contributed by atoms with Gasteiger partial charge in [0.05, 0.1) is 0 Å². The number of piperidine rings is 1. The number of nitrogens with zero attached hydrogens (tertiary/aromatic N) is 2. The second kappa shape index (κ2) is 6.26. The van der Waals surface area contributed by atoms with E-state index in [-0.39, 0.29) is 16.7 Å². The Kier molecular flexibility index (Phi) is 4.81. The summed E-state index contributed by atoms with van der Waals surface area (Å²) in [6, 6.07) is 2.64. The average molecular weight is 318 g/mol. The molecule has 0 aromatic carbocycles. The van der Waals surface area contributed by atoms with E-state index in [0.717, 1.165) is 6.07 Å². The third kappa shape index (κ3) is 3.90. The second-order valence-corrected chi connectivity index (χ2v) is 5.95. The highest BCUT2D eigenvalue weighted by Gasteiger charge is 2.35. The van der Waals surface area contributed by atoms with Gasteiger partial charge in [-0.15, -0.1) is 11.3 Å². The minimum atomic E-state index is -4.46. The molecule has 0 amide bonds. The maximum Gasteiger partial charge on any atom is 0.425 e. The standard InChI is InChI=1S/C12H14BF3N2O2S/c1-13(19)18-4-2-8(3-5-18)20-9-6-11(12(14,15)16)21-10(9)7-17/h6,8,19H,2-5H2,1H3. The molecule has 1 aromatic heterocycles. The largest absolute Gasteiger partial charge is 0.488 e. The Morgan fingerprint density at radius 1 is 1.48 bits per heavy atom. The van der Waals surface area contributed by atoms with Crippen molar-refractivity contribution >= 4 is 18.4 Å². The van der Waals surface area contributed by atoms with Gasteiger partial charge < -0.3 is 14.6 Å². The number of halogens is 3. The molecular formula is C12H14BF3N2O2S. The molecule has 2 rings (SSSR count). The Bertz CT molecular complexity index is 534. The van der Waals surface area contributed by atoms with Crippen LogP contribution in [0.1, 0.15) is 22.6 Å². The first-order chi connectivity index (χ1) is 9.81. The molecule has 4 nitrogen and oxygen atoms in total. The zero-order valence-electron chi connectivity index (χ0n) is 11.4. The SMILES string of the molecule is CB(O)N1CCC(Oc2cc(C(F)(F)F)sc2C#N)CC1. The summed E-state index contributed by atoms with van der Waals surface area (Å²) in [5.74, 6) is 0.00493. The van der Waals surface area contributed by atoms with Crippen LogP contribution in [0.5, 0.6) is 5.75 Å². The summed E-state index contributed by atoms with van der Waals surface area (Å²) in [6.07, 6.45) is -3.49. The zero-order chi connectivity index (χ0) is 15.6. The van der Waals surface area contributed by atoms with Gasteiger partial charge in [-0.25, -0.2) is 0 Å². The van der Waals surface area contributed by atoms with Gasteiger partial charge in [-0.3, -0.25) is 0 Å². The van der Waals surface area contributed by atoms with E-state index in [2.05, 4.69) is 0 Å². The first-order valence-electron chi connectivity index (χ1n) is 6.51. The minimum Gasteiger partial charge on any atom is -0.488 e. The maximum atomic E-state index is 12.6.